The summed E-state index contributed by atoms with van der Waals surface area (Å²) in [6.07, 6.45) is -4.70. The minimum Gasteiger partial charge on any atom is -0.444 e. The molecule has 1 aromatic rings. The lowest BCUT2D eigenvalue weighted by Gasteiger charge is -2.39. The van der Waals surface area contributed by atoms with Gasteiger partial charge in [-0.05, 0) is 38.5 Å². The highest BCUT2D eigenvalue weighted by Gasteiger charge is 2.32. The summed E-state index contributed by atoms with van der Waals surface area (Å²) in [4.78, 5) is 15.8. The van der Waals surface area contributed by atoms with Gasteiger partial charge in [0, 0.05) is 38.8 Å². The fourth-order valence-corrected chi connectivity index (χ4v) is 2.93. The number of carbonyl (C=O) groups is 1. The Morgan fingerprint density at radius 3 is 2.08 bits per heavy atom. The van der Waals surface area contributed by atoms with E-state index >= 15 is 0 Å². The van der Waals surface area contributed by atoms with Crippen LogP contribution in [-0.2, 0) is 10.9 Å². The van der Waals surface area contributed by atoms with Crippen molar-refractivity contribution in [1.82, 2.24) is 9.80 Å². The summed E-state index contributed by atoms with van der Waals surface area (Å²) in [5, 5.41) is 0. The predicted octanol–water partition coefficient (Wildman–Crippen LogP) is 3.26. The summed E-state index contributed by atoms with van der Waals surface area (Å²) >= 11 is 0. The molecule has 146 valence electrons. The van der Waals surface area contributed by atoms with Crippen molar-refractivity contribution in [3.8, 4) is 0 Å². The van der Waals surface area contributed by atoms with E-state index in [0.29, 0.717) is 26.2 Å². The monoisotopic (exact) mass is 373 g/mol. The molecular formula is C18H26F3N3O2. The Morgan fingerprint density at radius 2 is 1.65 bits per heavy atom. The molecule has 0 radical (unpaired) electrons. The molecule has 0 aromatic heterocycles. The lowest BCUT2D eigenvalue weighted by Crippen LogP contribution is -2.51. The summed E-state index contributed by atoms with van der Waals surface area (Å²) in [5.41, 5.74) is 5.39. The Hall–Kier alpha value is -1.80. The Kier molecular flexibility index (Phi) is 6.18. The van der Waals surface area contributed by atoms with Gasteiger partial charge in [-0.25, -0.2) is 4.79 Å². The second-order valence-corrected chi connectivity index (χ2v) is 7.37. The number of amides is 1. The Labute approximate surface area is 151 Å². The van der Waals surface area contributed by atoms with Gasteiger partial charge in [0.2, 0.25) is 0 Å². The summed E-state index contributed by atoms with van der Waals surface area (Å²) in [6, 6.07) is 4.92. The van der Waals surface area contributed by atoms with Crippen LogP contribution in [0.2, 0.25) is 0 Å². The molecule has 1 atom stereocenters. The zero-order valence-electron chi connectivity index (χ0n) is 15.3. The molecule has 0 saturated carbocycles. The van der Waals surface area contributed by atoms with Crippen LogP contribution in [0.25, 0.3) is 0 Å². The van der Waals surface area contributed by atoms with Crippen LogP contribution in [0.5, 0.6) is 0 Å². The van der Waals surface area contributed by atoms with E-state index in [1.54, 1.807) is 4.90 Å². The van der Waals surface area contributed by atoms with E-state index in [9.17, 15) is 18.0 Å². The molecule has 26 heavy (non-hydrogen) atoms. The molecule has 8 heteroatoms. The number of halogens is 3. The normalized spacial score (nSPS) is 17.9. The topological polar surface area (TPSA) is 58.8 Å². The summed E-state index contributed by atoms with van der Waals surface area (Å²) in [5.74, 6) is 0. The number of ether oxygens (including phenoxy) is 1. The summed E-state index contributed by atoms with van der Waals surface area (Å²) in [6.45, 7) is 7.89. The van der Waals surface area contributed by atoms with Gasteiger partial charge >= 0.3 is 12.3 Å². The van der Waals surface area contributed by atoms with E-state index in [0.717, 1.165) is 17.7 Å². The van der Waals surface area contributed by atoms with Crippen LogP contribution in [0.4, 0.5) is 18.0 Å². The predicted molar refractivity (Wildman–Crippen MR) is 92.6 cm³/mol. The van der Waals surface area contributed by atoms with E-state index in [4.69, 9.17) is 10.5 Å². The minimum absolute atomic E-state index is 0.182. The first-order valence-corrected chi connectivity index (χ1v) is 8.60. The van der Waals surface area contributed by atoms with Gasteiger partial charge in [-0.1, -0.05) is 12.1 Å². The zero-order chi connectivity index (χ0) is 19.5. The number of benzene rings is 1. The van der Waals surface area contributed by atoms with Crippen LogP contribution in [0.1, 0.15) is 37.9 Å². The number of piperazine rings is 1. The molecule has 5 nitrogen and oxygen atoms in total. The molecular weight excluding hydrogens is 347 g/mol. The summed E-state index contributed by atoms with van der Waals surface area (Å²) in [7, 11) is 0. The highest BCUT2D eigenvalue weighted by atomic mass is 19.4. The van der Waals surface area contributed by atoms with Gasteiger partial charge in [0.25, 0.3) is 0 Å². The van der Waals surface area contributed by atoms with Gasteiger partial charge in [-0.15, -0.1) is 0 Å². The highest BCUT2D eigenvalue weighted by Crippen LogP contribution is 2.31. The van der Waals surface area contributed by atoms with Gasteiger partial charge in [-0.2, -0.15) is 13.2 Å². The maximum atomic E-state index is 12.7. The van der Waals surface area contributed by atoms with Gasteiger partial charge in [0.15, 0.2) is 0 Å². The first-order valence-electron chi connectivity index (χ1n) is 8.60. The fraction of sp³-hybridized carbons (Fsp3) is 0.611. The molecule has 1 aliphatic heterocycles. The van der Waals surface area contributed by atoms with E-state index < -0.39 is 17.3 Å². The van der Waals surface area contributed by atoms with Gasteiger partial charge in [0.1, 0.15) is 5.60 Å². The minimum atomic E-state index is -4.35. The maximum Gasteiger partial charge on any atom is 0.416 e. The van der Waals surface area contributed by atoms with Gasteiger partial charge in [0.05, 0.1) is 5.56 Å². The van der Waals surface area contributed by atoms with Crippen molar-refractivity contribution in [1.29, 1.82) is 0 Å². The molecule has 1 aliphatic rings. The molecule has 0 spiro atoms. The van der Waals surface area contributed by atoms with Crippen molar-refractivity contribution in [3.05, 3.63) is 35.4 Å². The highest BCUT2D eigenvalue weighted by molar-refractivity contribution is 5.68. The SMILES string of the molecule is CC(C)(C)OC(=O)N1CCN([C@@H](CN)c2ccc(C(F)(F)F)cc2)CC1. The van der Waals surface area contributed by atoms with Gasteiger partial charge < -0.3 is 15.4 Å². The largest absolute Gasteiger partial charge is 0.444 e. The molecule has 2 N–H and O–H groups in total. The van der Waals surface area contributed by atoms with Crippen LogP contribution in [0.3, 0.4) is 0 Å². The molecule has 1 saturated heterocycles. The van der Waals surface area contributed by atoms with Crippen LogP contribution < -0.4 is 5.73 Å². The molecule has 1 aromatic carbocycles. The van der Waals surface area contributed by atoms with Crippen molar-refractivity contribution in [2.24, 2.45) is 5.73 Å². The van der Waals surface area contributed by atoms with Crippen LogP contribution >= 0.6 is 0 Å². The third-order valence-corrected chi connectivity index (χ3v) is 4.25. The third-order valence-electron chi connectivity index (χ3n) is 4.25. The van der Waals surface area contributed by atoms with Crippen LogP contribution in [-0.4, -0.2) is 54.2 Å². The third kappa shape index (κ3) is 5.35. The Balaban J connectivity index is 1.99. The number of nitrogens with two attached hydrogens (primary N) is 1. The van der Waals surface area contributed by atoms with Crippen LogP contribution in [0.15, 0.2) is 24.3 Å². The molecule has 0 unspecified atom stereocenters. The molecule has 1 amide bonds. The lowest BCUT2D eigenvalue weighted by molar-refractivity contribution is -0.137. The molecule has 0 aliphatic carbocycles. The Morgan fingerprint density at radius 1 is 1.12 bits per heavy atom. The second kappa shape index (κ2) is 7.84. The zero-order valence-corrected chi connectivity index (χ0v) is 15.3. The smallest absolute Gasteiger partial charge is 0.416 e. The van der Waals surface area contributed by atoms with Crippen molar-refractivity contribution in [2.75, 3.05) is 32.7 Å². The molecule has 0 bridgehead atoms. The number of hydrogen-bond donors (Lipinski definition) is 1. The first kappa shape index (κ1) is 20.5. The molecule has 1 heterocycles. The standard InChI is InChI=1S/C18H26F3N3O2/c1-17(2,3)26-16(25)24-10-8-23(9-11-24)15(12-22)13-4-6-14(7-5-13)18(19,20)21/h4-7,15H,8-12,22H2,1-3H3/t15-/m0/s1. The Bertz CT molecular complexity index is 604. The maximum absolute atomic E-state index is 12.7. The van der Waals surface area contributed by atoms with Crippen LogP contribution in [0, 0.1) is 0 Å². The van der Waals surface area contributed by atoms with E-state index in [1.165, 1.54) is 12.1 Å². The number of alkyl halides is 3. The van der Waals surface area contributed by atoms with E-state index in [1.807, 2.05) is 20.8 Å². The number of nitrogens with zero attached hydrogens (tertiary/aromatic N) is 2. The fourth-order valence-electron chi connectivity index (χ4n) is 2.93. The second-order valence-electron chi connectivity index (χ2n) is 7.37. The average Bonchev–Trinajstić information content (AvgIpc) is 2.54. The van der Waals surface area contributed by atoms with Crippen molar-refractivity contribution in [2.45, 2.75) is 38.6 Å². The van der Waals surface area contributed by atoms with Crippen molar-refractivity contribution in [3.63, 3.8) is 0 Å². The lowest BCUT2D eigenvalue weighted by atomic mass is 10.0. The summed E-state index contributed by atoms with van der Waals surface area (Å²) < 4.78 is 43.5. The van der Waals surface area contributed by atoms with Crippen molar-refractivity contribution < 1.29 is 22.7 Å². The average molecular weight is 373 g/mol. The quantitative estimate of drug-likeness (QED) is 0.884. The number of rotatable bonds is 3. The van der Waals surface area contributed by atoms with Crippen molar-refractivity contribution >= 4 is 6.09 Å². The van der Waals surface area contributed by atoms with E-state index in [-0.39, 0.29) is 18.7 Å². The molecule has 2 rings (SSSR count). The number of hydrogen-bond acceptors (Lipinski definition) is 4. The van der Waals surface area contributed by atoms with E-state index in [2.05, 4.69) is 4.90 Å². The molecule has 1 fully saturated rings. The first-order chi connectivity index (χ1) is 12.0. The number of carbonyl (C=O) groups excluding carboxylic acids is 1. The van der Waals surface area contributed by atoms with Gasteiger partial charge in [-0.3, -0.25) is 4.90 Å².